The van der Waals surface area contributed by atoms with Crippen molar-refractivity contribution in [2.24, 2.45) is 0 Å². The molecule has 3 rings (SSSR count). The third kappa shape index (κ3) is 5.94. The Bertz CT molecular complexity index is 926. The van der Waals surface area contributed by atoms with Gasteiger partial charge in [-0.25, -0.2) is 4.79 Å². The topological polar surface area (TPSA) is 86.7 Å². The van der Waals surface area contributed by atoms with Crippen LogP contribution in [-0.4, -0.2) is 33.8 Å². The molecule has 0 saturated carbocycles. The standard InChI is InChI=1S/C25H30N2O4/c1-2-3-4-5-9-12-23(28)26-20-14-13-19-17-27(24(29)21(19)16-20)22(25(30)31)15-18-10-7-6-8-11-18/h6-8,10-11,13-14,16,22H,2-5,9,12,15,17H2,1H3,(H,26,28)(H,30,31)/t22-/m0/s1. The highest BCUT2D eigenvalue weighted by Crippen LogP contribution is 2.28. The zero-order valence-electron chi connectivity index (χ0n) is 18.0. The van der Waals surface area contributed by atoms with E-state index in [9.17, 15) is 19.5 Å². The van der Waals surface area contributed by atoms with Gasteiger partial charge in [0.25, 0.3) is 5.91 Å². The van der Waals surface area contributed by atoms with E-state index < -0.39 is 12.0 Å². The van der Waals surface area contributed by atoms with Crippen molar-refractivity contribution < 1.29 is 19.5 Å². The molecule has 2 aromatic carbocycles. The number of fused-ring (bicyclic) bond motifs is 1. The Morgan fingerprint density at radius 3 is 2.52 bits per heavy atom. The van der Waals surface area contributed by atoms with Crippen molar-refractivity contribution in [1.29, 1.82) is 0 Å². The van der Waals surface area contributed by atoms with E-state index in [1.807, 2.05) is 30.3 Å². The number of rotatable bonds is 11. The summed E-state index contributed by atoms with van der Waals surface area (Å²) in [6.07, 6.45) is 6.09. The first-order valence-corrected chi connectivity index (χ1v) is 11.0. The number of hydrogen-bond donors (Lipinski definition) is 2. The molecular formula is C25H30N2O4. The first-order chi connectivity index (χ1) is 15.0. The van der Waals surface area contributed by atoms with Crippen molar-refractivity contribution in [1.82, 2.24) is 4.90 Å². The fourth-order valence-electron chi connectivity index (χ4n) is 3.93. The molecule has 0 saturated heterocycles. The summed E-state index contributed by atoms with van der Waals surface area (Å²) in [5, 5.41) is 12.6. The van der Waals surface area contributed by atoms with Gasteiger partial charge < -0.3 is 15.3 Å². The third-order valence-corrected chi connectivity index (χ3v) is 5.67. The fourth-order valence-corrected chi connectivity index (χ4v) is 3.93. The highest BCUT2D eigenvalue weighted by molar-refractivity contribution is 6.02. The summed E-state index contributed by atoms with van der Waals surface area (Å²) in [7, 11) is 0. The van der Waals surface area contributed by atoms with Crippen molar-refractivity contribution in [2.45, 2.75) is 64.5 Å². The van der Waals surface area contributed by atoms with Crippen LogP contribution in [0, 0.1) is 0 Å². The predicted octanol–water partition coefficient (Wildman–Crippen LogP) is 4.64. The highest BCUT2D eigenvalue weighted by atomic mass is 16.4. The minimum absolute atomic E-state index is 0.0637. The molecule has 31 heavy (non-hydrogen) atoms. The number of hydrogen-bond acceptors (Lipinski definition) is 3. The molecule has 0 radical (unpaired) electrons. The number of carboxylic acid groups (broad SMARTS) is 1. The van der Waals surface area contributed by atoms with Gasteiger partial charge in [-0.2, -0.15) is 0 Å². The van der Waals surface area contributed by atoms with Crippen LogP contribution in [0.4, 0.5) is 5.69 Å². The summed E-state index contributed by atoms with van der Waals surface area (Å²) < 4.78 is 0. The molecule has 0 unspecified atom stereocenters. The largest absolute Gasteiger partial charge is 0.480 e. The Morgan fingerprint density at radius 1 is 1.06 bits per heavy atom. The van der Waals surface area contributed by atoms with Crippen LogP contribution in [0.5, 0.6) is 0 Å². The van der Waals surface area contributed by atoms with Crippen LogP contribution < -0.4 is 5.32 Å². The van der Waals surface area contributed by atoms with Crippen LogP contribution >= 0.6 is 0 Å². The van der Waals surface area contributed by atoms with Gasteiger partial charge in [0.05, 0.1) is 0 Å². The zero-order chi connectivity index (χ0) is 22.2. The molecule has 1 aliphatic heterocycles. The SMILES string of the molecule is CCCCCCCC(=O)Nc1ccc2c(c1)C(=O)N([C@@H](Cc1ccccc1)C(=O)O)C2. The van der Waals surface area contributed by atoms with Gasteiger partial charge in [0.1, 0.15) is 6.04 Å². The number of carbonyl (C=O) groups is 3. The average molecular weight is 423 g/mol. The Labute approximate surface area is 183 Å². The van der Waals surface area contributed by atoms with E-state index in [-0.39, 0.29) is 24.8 Å². The van der Waals surface area contributed by atoms with Gasteiger partial charge in [-0.15, -0.1) is 0 Å². The van der Waals surface area contributed by atoms with Crippen molar-refractivity contribution in [3.63, 3.8) is 0 Å². The molecule has 2 aromatic rings. The predicted molar refractivity (Wildman–Crippen MR) is 120 cm³/mol. The zero-order valence-corrected chi connectivity index (χ0v) is 18.0. The second-order valence-corrected chi connectivity index (χ2v) is 8.06. The molecule has 1 aliphatic rings. The monoisotopic (exact) mass is 422 g/mol. The lowest BCUT2D eigenvalue weighted by Gasteiger charge is -2.24. The average Bonchev–Trinajstić information content (AvgIpc) is 3.08. The molecular weight excluding hydrogens is 392 g/mol. The molecule has 0 bridgehead atoms. The molecule has 164 valence electrons. The Morgan fingerprint density at radius 2 is 1.81 bits per heavy atom. The first-order valence-electron chi connectivity index (χ1n) is 11.0. The maximum absolute atomic E-state index is 13.0. The molecule has 0 aliphatic carbocycles. The van der Waals surface area contributed by atoms with E-state index in [2.05, 4.69) is 12.2 Å². The number of amides is 2. The van der Waals surface area contributed by atoms with Gasteiger partial charge in [-0.1, -0.05) is 69.0 Å². The van der Waals surface area contributed by atoms with Gasteiger partial charge in [0, 0.05) is 30.6 Å². The number of nitrogens with one attached hydrogen (secondary N) is 1. The highest BCUT2D eigenvalue weighted by Gasteiger charge is 2.36. The lowest BCUT2D eigenvalue weighted by Crippen LogP contribution is -2.42. The van der Waals surface area contributed by atoms with Crippen molar-refractivity contribution in [3.8, 4) is 0 Å². The summed E-state index contributed by atoms with van der Waals surface area (Å²) in [6, 6.07) is 13.6. The second-order valence-electron chi connectivity index (χ2n) is 8.06. The Balaban J connectivity index is 1.64. The number of nitrogens with zero attached hydrogens (tertiary/aromatic N) is 1. The van der Waals surface area contributed by atoms with E-state index in [0.29, 0.717) is 17.7 Å². The van der Waals surface area contributed by atoms with Crippen LogP contribution in [0.15, 0.2) is 48.5 Å². The van der Waals surface area contributed by atoms with Crippen LogP contribution in [0.2, 0.25) is 0 Å². The second kappa shape index (κ2) is 10.8. The van der Waals surface area contributed by atoms with E-state index in [1.165, 1.54) is 17.7 Å². The molecule has 1 atom stereocenters. The van der Waals surface area contributed by atoms with E-state index >= 15 is 0 Å². The fraction of sp³-hybridized carbons (Fsp3) is 0.400. The van der Waals surface area contributed by atoms with Gasteiger partial charge in [-0.3, -0.25) is 9.59 Å². The lowest BCUT2D eigenvalue weighted by molar-refractivity contribution is -0.142. The summed E-state index contributed by atoms with van der Waals surface area (Å²) in [5.74, 6) is -1.40. The molecule has 0 aromatic heterocycles. The van der Waals surface area contributed by atoms with E-state index in [0.717, 1.165) is 30.4 Å². The number of benzene rings is 2. The van der Waals surface area contributed by atoms with Crippen molar-refractivity contribution in [3.05, 3.63) is 65.2 Å². The van der Waals surface area contributed by atoms with Crippen LogP contribution in [0.3, 0.4) is 0 Å². The number of aliphatic carboxylic acids is 1. The van der Waals surface area contributed by atoms with Gasteiger partial charge >= 0.3 is 5.97 Å². The molecule has 1 heterocycles. The summed E-state index contributed by atoms with van der Waals surface area (Å²) >= 11 is 0. The number of carbonyl (C=O) groups excluding carboxylic acids is 2. The Kier molecular flexibility index (Phi) is 7.82. The number of anilines is 1. The van der Waals surface area contributed by atoms with Gasteiger partial charge in [0.15, 0.2) is 0 Å². The molecule has 6 nitrogen and oxygen atoms in total. The maximum Gasteiger partial charge on any atom is 0.326 e. The van der Waals surface area contributed by atoms with Crippen molar-refractivity contribution in [2.75, 3.05) is 5.32 Å². The van der Waals surface area contributed by atoms with Gasteiger partial charge in [0.2, 0.25) is 5.91 Å². The summed E-state index contributed by atoms with van der Waals surface area (Å²) in [5.41, 5.74) is 2.68. The van der Waals surface area contributed by atoms with Crippen molar-refractivity contribution >= 4 is 23.5 Å². The van der Waals surface area contributed by atoms with E-state index in [1.54, 1.807) is 18.2 Å². The summed E-state index contributed by atoms with van der Waals surface area (Å²) in [6.45, 7) is 2.41. The van der Waals surface area contributed by atoms with Gasteiger partial charge in [-0.05, 0) is 29.7 Å². The third-order valence-electron chi connectivity index (χ3n) is 5.67. The smallest absolute Gasteiger partial charge is 0.326 e. The molecule has 0 spiro atoms. The number of carboxylic acids is 1. The maximum atomic E-state index is 13.0. The lowest BCUT2D eigenvalue weighted by atomic mass is 10.0. The Hall–Kier alpha value is -3.15. The van der Waals surface area contributed by atoms with Crippen LogP contribution in [0.25, 0.3) is 0 Å². The minimum Gasteiger partial charge on any atom is -0.480 e. The first kappa shape index (κ1) is 22.5. The molecule has 0 fully saturated rings. The quantitative estimate of drug-likeness (QED) is 0.517. The summed E-state index contributed by atoms with van der Waals surface area (Å²) in [4.78, 5) is 38.5. The molecule has 2 amide bonds. The van der Waals surface area contributed by atoms with E-state index in [4.69, 9.17) is 0 Å². The normalized spacial score (nSPS) is 13.7. The molecule has 2 N–H and O–H groups in total. The minimum atomic E-state index is -1.03. The van der Waals surface area contributed by atoms with Crippen LogP contribution in [-0.2, 0) is 22.6 Å². The van der Waals surface area contributed by atoms with Crippen LogP contribution in [0.1, 0.15) is 66.9 Å². The number of unbranched alkanes of at least 4 members (excludes halogenated alkanes) is 4. The molecule has 6 heteroatoms.